The van der Waals surface area contributed by atoms with E-state index in [0.717, 1.165) is 27.1 Å². The average Bonchev–Trinajstić information content (AvgIpc) is 3.41. The number of hydrogen-bond acceptors (Lipinski definition) is 7. The SMILES string of the molecule is CCOC(=O)c1nn(-c2ccc(C)c(C)c2)c(=O)c2c(NC(=O)c3ccco3)scc12. The Labute approximate surface area is 181 Å². The third kappa shape index (κ3) is 3.75. The second-order valence-electron chi connectivity index (χ2n) is 6.84. The van der Waals surface area contributed by atoms with Gasteiger partial charge in [0.05, 0.1) is 23.9 Å². The summed E-state index contributed by atoms with van der Waals surface area (Å²) in [7, 11) is 0. The zero-order valence-electron chi connectivity index (χ0n) is 17.1. The highest BCUT2D eigenvalue weighted by molar-refractivity contribution is 7.16. The summed E-state index contributed by atoms with van der Waals surface area (Å²) in [6, 6.07) is 8.56. The van der Waals surface area contributed by atoms with Crippen LogP contribution in [0.2, 0.25) is 0 Å². The van der Waals surface area contributed by atoms with Gasteiger partial charge in [-0.05, 0) is 56.2 Å². The highest BCUT2D eigenvalue weighted by Gasteiger charge is 2.23. The van der Waals surface area contributed by atoms with Gasteiger partial charge in [-0.25, -0.2) is 4.79 Å². The fourth-order valence-corrected chi connectivity index (χ4v) is 4.03. The van der Waals surface area contributed by atoms with E-state index in [2.05, 4.69) is 10.4 Å². The number of furan rings is 1. The van der Waals surface area contributed by atoms with Gasteiger partial charge in [-0.1, -0.05) is 6.07 Å². The minimum atomic E-state index is -0.646. The van der Waals surface area contributed by atoms with Crippen LogP contribution in [0.15, 0.2) is 51.2 Å². The molecule has 0 fully saturated rings. The Balaban J connectivity index is 1.92. The molecule has 158 valence electrons. The highest BCUT2D eigenvalue weighted by Crippen LogP contribution is 2.31. The third-order valence-corrected chi connectivity index (χ3v) is 5.72. The molecule has 3 aromatic heterocycles. The van der Waals surface area contributed by atoms with Gasteiger partial charge >= 0.3 is 5.97 Å². The van der Waals surface area contributed by atoms with Crippen LogP contribution in [0.4, 0.5) is 5.00 Å². The van der Waals surface area contributed by atoms with E-state index in [1.165, 1.54) is 12.3 Å². The first-order valence-electron chi connectivity index (χ1n) is 9.54. The lowest BCUT2D eigenvalue weighted by Gasteiger charge is -2.11. The average molecular weight is 437 g/mol. The van der Waals surface area contributed by atoms with Crippen LogP contribution in [-0.4, -0.2) is 28.3 Å². The summed E-state index contributed by atoms with van der Waals surface area (Å²) in [6.07, 6.45) is 1.39. The molecule has 31 heavy (non-hydrogen) atoms. The van der Waals surface area contributed by atoms with E-state index in [1.54, 1.807) is 24.4 Å². The number of thiophene rings is 1. The number of nitrogens with one attached hydrogen (secondary N) is 1. The van der Waals surface area contributed by atoms with Gasteiger partial charge in [0.15, 0.2) is 11.5 Å². The number of esters is 1. The first-order valence-corrected chi connectivity index (χ1v) is 10.4. The second-order valence-corrected chi connectivity index (χ2v) is 7.72. The second kappa shape index (κ2) is 8.19. The molecule has 8 nitrogen and oxygen atoms in total. The molecule has 0 bridgehead atoms. The molecular weight excluding hydrogens is 418 g/mol. The zero-order chi connectivity index (χ0) is 22.1. The number of carbonyl (C=O) groups is 2. The van der Waals surface area contributed by atoms with E-state index in [0.29, 0.717) is 16.1 Å². The smallest absolute Gasteiger partial charge is 0.359 e. The molecule has 0 radical (unpaired) electrons. The van der Waals surface area contributed by atoms with Crippen molar-refractivity contribution in [2.24, 2.45) is 0 Å². The number of hydrogen-bond donors (Lipinski definition) is 1. The fourth-order valence-electron chi connectivity index (χ4n) is 3.10. The summed E-state index contributed by atoms with van der Waals surface area (Å²) in [5.74, 6) is -1.04. The molecule has 9 heteroatoms. The molecule has 0 aliphatic heterocycles. The van der Waals surface area contributed by atoms with Crippen molar-refractivity contribution in [2.45, 2.75) is 20.8 Å². The normalized spacial score (nSPS) is 10.9. The quantitative estimate of drug-likeness (QED) is 0.472. The molecule has 1 amide bonds. The molecule has 0 saturated heterocycles. The van der Waals surface area contributed by atoms with E-state index < -0.39 is 17.4 Å². The molecule has 1 aromatic carbocycles. The predicted octanol–water partition coefficient (Wildman–Crippen LogP) is 4.09. The Morgan fingerprint density at radius 2 is 2.03 bits per heavy atom. The van der Waals surface area contributed by atoms with Crippen LogP contribution in [0.3, 0.4) is 0 Å². The number of ether oxygens (including phenoxy) is 1. The maximum atomic E-state index is 13.4. The summed E-state index contributed by atoms with van der Waals surface area (Å²) in [6.45, 7) is 5.74. The molecule has 4 aromatic rings. The van der Waals surface area contributed by atoms with E-state index in [4.69, 9.17) is 9.15 Å². The van der Waals surface area contributed by atoms with Crippen LogP contribution in [0, 0.1) is 13.8 Å². The minimum Gasteiger partial charge on any atom is -0.461 e. The largest absolute Gasteiger partial charge is 0.461 e. The molecule has 0 aliphatic rings. The first kappa shape index (κ1) is 20.5. The van der Waals surface area contributed by atoms with Crippen molar-refractivity contribution < 1.29 is 18.7 Å². The van der Waals surface area contributed by atoms with Crippen molar-refractivity contribution in [3.05, 3.63) is 74.9 Å². The van der Waals surface area contributed by atoms with Crippen LogP contribution < -0.4 is 10.9 Å². The van der Waals surface area contributed by atoms with Crippen molar-refractivity contribution in [3.63, 3.8) is 0 Å². The van der Waals surface area contributed by atoms with Gasteiger partial charge in [0.25, 0.3) is 11.5 Å². The van der Waals surface area contributed by atoms with E-state index >= 15 is 0 Å². The Bertz CT molecular complexity index is 1350. The number of aryl methyl sites for hydroxylation is 2. The topological polar surface area (TPSA) is 103 Å². The fraction of sp³-hybridized carbons (Fsp3) is 0.182. The van der Waals surface area contributed by atoms with Gasteiger partial charge in [-0.15, -0.1) is 11.3 Å². The van der Waals surface area contributed by atoms with Crippen molar-refractivity contribution in [3.8, 4) is 5.69 Å². The summed E-state index contributed by atoms with van der Waals surface area (Å²) >= 11 is 1.13. The number of rotatable bonds is 5. The van der Waals surface area contributed by atoms with Crippen molar-refractivity contribution in [1.29, 1.82) is 0 Å². The van der Waals surface area contributed by atoms with Gasteiger partial charge in [0.1, 0.15) is 5.00 Å². The van der Waals surface area contributed by atoms with Crippen LogP contribution in [0.5, 0.6) is 0 Å². The number of aromatic nitrogens is 2. The molecule has 1 N–H and O–H groups in total. The lowest BCUT2D eigenvalue weighted by atomic mass is 10.1. The number of anilines is 1. The number of benzene rings is 1. The Morgan fingerprint density at radius 3 is 2.71 bits per heavy atom. The Morgan fingerprint density at radius 1 is 1.23 bits per heavy atom. The first-order chi connectivity index (χ1) is 14.9. The van der Waals surface area contributed by atoms with Crippen molar-refractivity contribution in [1.82, 2.24) is 9.78 Å². The molecule has 0 spiro atoms. The van der Waals surface area contributed by atoms with Gasteiger partial charge in [0.2, 0.25) is 0 Å². The third-order valence-electron chi connectivity index (χ3n) is 4.83. The lowest BCUT2D eigenvalue weighted by molar-refractivity contribution is 0.0520. The number of amides is 1. The number of carbonyl (C=O) groups excluding carboxylic acids is 2. The predicted molar refractivity (Wildman–Crippen MR) is 117 cm³/mol. The van der Waals surface area contributed by atoms with Crippen LogP contribution in [-0.2, 0) is 4.74 Å². The lowest BCUT2D eigenvalue weighted by Crippen LogP contribution is -2.25. The Kier molecular flexibility index (Phi) is 5.43. The van der Waals surface area contributed by atoms with Crippen molar-refractivity contribution >= 4 is 39.0 Å². The van der Waals surface area contributed by atoms with Gasteiger partial charge in [0, 0.05) is 10.8 Å². The molecule has 0 saturated carbocycles. The van der Waals surface area contributed by atoms with E-state index in [-0.39, 0.29) is 23.4 Å². The standard InChI is InChI=1S/C22H19N3O5S/c1-4-29-22(28)18-15-11-31-20(23-19(26)16-6-5-9-30-16)17(15)21(27)25(24-18)14-8-7-12(2)13(3)10-14/h5-11H,4H2,1-3H3,(H,23,26). The molecule has 0 unspecified atom stereocenters. The zero-order valence-corrected chi connectivity index (χ0v) is 17.9. The Hall–Kier alpha value is -3.72. The number of fused-ring (bicyclic) bond motifs is 1. The summed E-state index contributed by atoms with van der Waals surface area (Å²) < 4.78 is 11.4. The molecule has 4 rings (SSSR count). The number of nitrogens with zero attached hydrogens (tertiary/aromatic N) is 2. The van der Waals surface area contributed by atoms with E-state index in [9.17, 15) is 14.4 Å². The maximum Gasteiger partial charge on any atom is 0.359 e. The summed E-state index contributed by atoms with van der Waals surface area (Å²) in [4.78, 5) is 38.5. The van der Waals surface area contributed by atoms with E-state index in [1.807, 2.05) is 26.0 Å². The highest BCUT2D eigenvalue weighted by atomic mass is 32.1. The van der Waals surface area contributed by atoms with Gasteiger partial charge < -0.3 is 14.5 Å². The summed E-state index contributed by atoms with van der Waals surface area (Å²) in [5.41, 5.74) is 2.09. The summed E-state index contributed by atoms with van der Waals surface area (Å²) in [5, 5.41) is 9.42. The molecule has 0 aliphatic carbocycles. The molecular formula is C22H19N3O5S. The van der Waals surface area contributed by atoms with Crippen LogP contribution >= 0.6 is 11.3 Å². The van der Waals surface area contributed by atoms with Crippen molar-refractivity contribution in [2.75, 3.05) is 11.9 Å². The molecule has 0 atom stereocenters. The monoisotopic (exact) mass is 437 g/mol. The van der Waals surface area contributed by atoms with Gasteiger partial charge in [-0.3, -0.25) is 9.59 Å². The molecule has 3 heterocycles. The van der Waals surface area contributed by atoms with Gasteiger partial charge in [-0.2, -0.15) is 9.78 Å². The van der Waals surface area contributed by atoms with Crippen LogP contribution in [0.1, 0.15) is 39.1 Å². The minimum absolute atomic E-state index is 0.00410. The van der Waals surface area contributed by atoms with Crippen LogP contribution in [0.25, 0.3) is 16.5 Å². The maximum absolute atomic E-state index is 13.4.